The van der Waals surface area contributed by atoms with Crippen molar-refractivity contribution in [3.63, 3.8) is 0 Å². The van der Waals surface area contributed by atoms with Crippen LogP contribution in [0.4, 0.5) is 0 Å². The minimum Gasteiger partial charge on any atom is -0.341 e. The van der Waals surface area contributed by atoms with Crippen LogP contribution in [0, 0.1) is 17.3 Å². The summed E-state index contributed by atoms with van der Waals surface area (Å²) in [6.45, 7) is 5.85. The molecule has 2 rings (SSSR count). The van der Waals surface area contributed by atoms with Gasteiger partial charge in [0, 0.05) is 13.1 Å². The topological polar surface area (TPSA) is 46.3 Å². The molecule has 1 saturated carbocycles. The Balaban J connectivity index is 1.88. The molecule has 98 valence electrons. The number of rotatable bonds is 3. The largest absolute Gasteiger partial charge is 0.341 e. The second-order valence-corrected chi connectivity index (χ2v) is 6.60. The monoisotopic (exact) mass is 256 g/mol. The Morgan fingerprint density at radius 3 is 2.71 bits per heavy atom. The van der Waals surface area contributed by atoms with Crippen LogP contribution in [0.2, 0.25) is 0 Å². The fourth-order valence-corrected chi connectivity index (χ4v) is 3.50. The molecule has 1 saturated heterocycles. The van der Waals surface area contributed by atoms with Gasteiger partial charge in [-0.05, 0) is 42.3 Å². The summed E-state index contributed by atoms with van der Waals surface area (Å²) in [5, 5.41) is 0. The van der Waals surface area contributed by atoms with E-state index >= 15 is 0 Å². The molecule has 4 heteroatoms. The average molecular weight is 256 g/mol. The molecule has 0 aromatic rings. The van der Waals surface area contributed by atoms with Crippen LogP contribution in [0.3, 0.4) is 0 Å². The number of thiol groups is 1. The molecule has 1 heterocycles. The van der Waals surface area contributed by atoms with Gasteiger partial charge < -0.3 is 10.6 Å². The molecule has 2 N–H and O–H groups in total. The lowest BCUT2D eigenvalue weighted by Crippen LogP contribution is -2.47. The number of hydrogen-bond acceptors (Lipinski definition) is 3. The molecule has 2 fully saturated rings. The van der Waals surface area contributed by atoms with E-state index in [0.29, 0.717) is 5.41 Å². The number of amides is 1. The summed E-state index contributed by atoms with van der Waals surface area (Å²) < 4.78 is 0. The van der Waals surface area contributed by atoms with E-state index in [0.717, 1.165) is 31.2 Å². The molecular formula is C13H24N2OS. The van der Waals surface area contributed by atoms with E-state index in [2.05, 4.69) is 12.6 Å². The second kappa shape index (κ2) is 4.81. The summed E-state index contributed by atoms with van der Waals surface area (Å²) in [6, 6.07) is -0.328. The van der Waals surface area contributed by atoms with Crippen molar-refractivity contribution < 1.29 is 4.79 Å². The molecule has 0 aromatic heterocycles. The summed E-state index contributed by atoms with van der Waals surface area (Å²) in [4.78, 5) is 14.1. The molecule has 1 unspecified atom stereocenters. The van der Waals surface area contributed by atoms with Crippen LogP contribution in [0.5, 0.6) is 0 Å². The van der Waals surface area contributed by atoms with Crippen LogP contribution >= 0.6 is 12.6 Å². The third-order valence-corrected chi connectivity index (χ3v) is 4.97. The molecule has 2 aliphatic rings. The Hall–Kier alpha value is -0.220. The molecule has 0 aromatic carbocycles. The van der Waals surface area contributed by atoms with Gasteiger partial charge in [-0.25, -0.2) is 0 Å². The van der Waals surface area contributed by atoms with Crippen molar-refractivity contribution in [2.75, 3.05) is 18.8 Å². The Morgan fingerprint density at radius 2 is 2.18 bits per heavy atom. The van der Waals surface area contributed by atoms with Gasteiger partial charge in [-0.3, -0.25) is 4.79 Å². The van der Waals surface area contributed by atoms with Crippen LogP contribution in [0.25, 0.3) is 0 Å². The smallest absolute Gasteiger partial charge is 0.239 e. The summed E-state index contributed by atoms with van der Waals surface area (Å²) in [6.07, 6.45) is 3.65. The molecule has 17 heavy (non-hydrogen) atoms. The molecule has 3 nitrogen and oxygen atoms in total. The average Bonchev–Trinajstić information content (AvgIpc) is 2.69. The van der Waals surface area contributed by atoms with E-state index in [9.17, 15) is 4.79 Å². The van der Waals surface area contributed by atoms with Gasteiger partial charge in [-0.2, -0.15) is 12.6 Å². The van der Waals surface area contributed by atoms with Crippen molar-refractivity contribution in [2.24, 2.45) is 23.0 Å². The maximum atomic E-state index is 12.2. The van der Waals surface area contributed by atoms with Gasteiger partial charge in [0.25, 0.3) is 0 Å². The highest BCUT2D eigenvalue weighted by molar-refractivity contribution is 7.80. The fourth-order valence-electron chi connectivity index (χ4n) is 3.25. The van der Waals surface area contributed by atoms with Gasteiger partial charge in [0.15, 0.2) is 0 Å². The van der Waals surface area contributed by atoms with Crippen LogP contribution < -0.4 is 5.73 Å². The highest BCUT2D eigenvalue weighted by Gasteiger charge is 2.49. The van der Waals surface area contributed by atoms with Crippen molar-refractivity contribution in [2.45, 2.75) is 39.2 Å². The first kappa shape index (κ1) is 13.2. The first-order valence-corrected chi connectivity index (χ1v) is 7.26. The SMILES string of the molecule is CC(C)C(N)C(=O)N1CCC2(CC(CS)C2)C1. The number of nitrogens with two attached hydrogens (primary N) is 1. The van der Waals surface area contributed by atoms with Gasteiger partial charge in [-0.15, -0.1) is 0 Å². The Kier molecular flexibility index (Phi) is 3.74. The zero-order chi connectivity index (χ0) is 12.6. The molecule has 1 aliphatic carbocycles. The Labute approximate surface area is 110 Å². The fraction of sp³-hybridized carbons (Fsp3) is 0.923. The second-order valence-electron chi connectivity index (χ2n) is 6.24. The summed E-state index contributed by atoms with van der Waals surface area (Å²) in [5.74, 6) is 2.13. The molecule has 1 atom stereocenters. The van der Waals surface area contributed by atoms with E-state index in [4.69, 9.17) is 5.73 Å². The quantitative estimate of drug-likeness (QED) is 0.752. The highest BCUT2D eigenvalue weighted by atomic mass is 32.1. The van der Waals surface area contributed by atoms with Crippen LogP contribution in [-0.2, 0) is 4.79 Å². The number of hydrogen-bond donors (Lipinski definition) is 2. The third kappa shape index (κ3) is 2.48. The van der Waals surface area contributed by atoms with Gasteiger partial charge in [-0.1, -0.05) is 13.8 Å². The van der Waals surface area contributed by atoms with Crippen molar-refractivity contribution in [1.29, 1.82) is 0 Å². The summed E-state index contributed by atoms with van der Waals surface area (Å²) in [5.41, 5.74) is 6.35. The first-order valence-electron chi connectivity index (χ1n) is 6.63. The predicted molar refractivity (Wildman–Crippen MR) is 73.0 cm³/mol. The summed E-state index contributed by atoms with van der Waals surface area (Å²) >= 11 is 4.34. The lowest BCUT2D eigenvalue weighted by Gasteiger charge is -2.44. The van der Waals surface area contributed by atoms with Crippen LogP contribution in [-0.4, -0.2) is 35.7 Å². The zero-order valence-electron chi connectivity index (χ0n) is 10.9. The molecule has 1 aliphatic heterocycles. The van der Waals surface area contributed by atoms with Crippen molar-refractivity contribution >= 4 is 18.5 Å². The number of carbonyl (C=O) groups is 1. The lowest BCUT2D eigenvalue weighted by atomic mass is 9.62. The van der Waals surface area contributed by atoms with Gasteiger partial charge in [0.1, 0.15) is 0 Å². The molecule has 1 spiro atoms. The van der Waals surface area contributed by atoms with Gasteiger partial charge in [0.2, 0.25) is 5.91 Å². The number of nitrogens with zero attached hydrogens (tertiary/aromatic N) is 1. The normalized spacial score (nSPS) is 34.2. The van der Waals surface area contributed by atoms with Crippen LogP contribution in [0.15, 0.2) is 0 Å². The minimum atomic E-state index is -0.328. The minimum absolute atomic E-state index is 0.145. The summed E-state index contributed by atoms with van der Waals surface area (Å²) in [7, 11) is 0. The van der Waals surface area contributed by atoms with E-state index in [-0.39, 0.29) is 17.9 Å². The van der Waals surface area contributed by atoms with Gasteiger partial charge >= 0.3 is 0 Å². The molecular weight excluding hydrogens is 232 g/mol. The molecule has 0 bridgehead atoms. The van der Waals surface area contributed by atoms with Crippen molar-refractivity contribution in [1.82, 2.24) is 4.90 Å². The molecule has 1 amide bonds. The van der Waals surface area contributed by atoms with Crippen LogP contribution in [0.1, 0.15) is 33.1 Å². The zero-order valence-corrected chi connectivity index (χ0v) is 11.7. The van der Waals surface area contributed by atoms with E-state index in [1.165, 1.54) is 12.8 Å². The van der Waals surface area contributed by atoms with Gasteiger partial charge in [0.05, 0.1) is 6.04 Å². The Morgan fingerprint density at radius 1 is 1.53 bits per heavy atom. The molecule has 0 radical (unpaired) electrons. The van der Waals surface area contributed by atoms with E-state index in [1.807, 2.05) is 18.7 Å². The van der Waals surface area contributed by atoms with Crippen molar-refractivity contribution in [3.05, 3.63) is 0 Å². The Bertz CT molecular complexity index is 300. The number of carbonyl (C=O) groups excluding carboxylic acids is 1. The third-order valence-electron chi connectivity index (χ3n) is 4.45. The van der Waals surface area contributed by atoms with E-state index < -0.39 is 0 Å². The van der Waals surface area contributed by atoms with E-state index in [1.54, 1.807) is 0 Å². The first-order chi connectivity index (χ1) is 7.97. The predicted octanol–water partition coefficient (Wildman–Crippen LogP) is 1.53. The number of likely N-dealkylation sites (tertiary alicyclic amines) is 1. The van der Waals surface area contributed by atoms with Crippen molar-refractivity contribution in [3.8, 4) is 0 Å². The maximum absolute atomic E-state index is 12.2. The standard InChI is InChI=1S/C13H24N2OS/c1-9(2)11(14)12(16)15-4-3-13(8-15)5-10(6-13)7-17/h9-11,17H,3-8,14H2,1-2H3. The lowest BCUT2D eigenvalue weighted by molar-refractivity contribution is -0.133. The highest BCUT2D eigenvalue weighted by Crippen LogP contribution is 2.52. The maximum Gasteiger partial charge on any atom is 0.239 e.